The molecule has 7 nitrogen and oxygen atoms in total. The van der Waals surface area contributed by atoms with Crippen LogP contribution in [0.2, 0.25) is 0 Å². The van der Waals surface area contributed by atoms with Gasteiger partial charge in [0.25, 0.3) is 0 Å². The van der Waals surface area contributed by atoms with Crippen molar-refractivity contribution in [3.05, 3.63) is 36.5 Å². The molecule has 1 aliphatic heterocycles. The van der Waals surface area contributed by atoms with Crippen LogP contribution in [0.5, 0.6) is 0 Å². The molecule has 1 heterocycles. The molecule has 0 saturated carbocycles. The number of carbonyl (C=O) groups excluding carboxylic acids is 1. The number of allylic oxidation sites excluding steroid dienone is 5. The third-order valence-electron chi connectivity index (χ3n) is 6.90. The number of nitrogens with one attached hydrogen (secondary N) is 1. The zero-order chi connectivity index (χ0) is 27.1. The predicted octanol–water partition coefficient (Wildman–Crippen LogP) is 4.83. The summed E-state index contributed by atoms with van der Waals surface area (Å²) in [5.74, 6) is -0.534. The summed E-state index contributed by atoms with van der Waals surface area (Å²) < 4.78 is 5.02. The minimum absolute atomic E-state index is 0.534. The van der Waals surface area contributed by atoms with Crippen molar-refractivity contribution >= 4 is 5.91 Å². The molecule has 1 rings (SSSR count). The van der Waals surface area contributed by atoms with Gasteiger partial charge in [0.2, 0.25) is 5.91 Å². The van der Waals surface area contributed by atoms with Crippen LogP contribution in [-0.2, 0) is 9.53 Å². The lowest BCUT2D eigenvalue weighted by atomic mass is 9.97. The first-order valence-electron chi connectivity index (χ1n) is 14.6. The van der Waals surface area contributed by atoms with Crippen LogP contribution in [0.1, 0.15) is 110 Å². The lowest BCUT2D eigenvalue weighted by molar-refractivity contribution is -0.253. The number of aliphatic hydroxyl groups excluding tert-OH is 4. The number of carbonyl (C=O) groups is 1. The molecular weight excluding hydrogens is 470 g/mol. The van der Waals surface area contributed by atoms with Crippen LogP contribution in [0.15, 0.2) is 36.5 Å². The Labute approximate surface area is 224 Å². The van der Waals surface area contributed by atoms with Crippen molar-refractivity contribution in [3.8, 4) is 0 Å². The zero-order valence-corrected chi connectivity index (χ0v) is 23.0. The van der Waals surface area contributed by atoms with Crippen molar-refractivity contribution in [2.45, 2.75) is 140 Å². The van der Waals surface area contributed by atoms with Crippen molar-refractivity contribution in [2.24, 2.45) is 0 Å². The Bertz CT molecular complexity index is 650. The highest BCUT2D eigenvalue weighted by Gasteiger charge is 2.44. The molecule has 5 N–H and O–H groups in total. The van der Waals surface area contributed by atoms with Gasteiger partial charge in [-0.15, -0.1) is 0 Å². The maximum absolute atomic E-state index is 12.0. The summed E-state index contributed by atoms with van der Waals surface area (Å²) in [4.78, 5) is 12.0. The second kappa shape index (κ2) is 22.5. The molecule has 5 atom stereocenters. The van der Waals surface area contributed by atoms with Crippen molar-refractivity contribution in [2.75, 3.05) is 6.61 Å². The maximum atomic E-state index is 12.0. The van der Waals surface area contributed by atoms with Crippen LogP contribution < -0.4 is 5.32 Å². The largest absolute Gasteiger partial charge is 0.394 e. The van der Waals surface area contributed by atoms with E-state index in [1.54, 1.807) is 12.2 Å². The number of ether oxygens (including phenoxy) is 1. The minimum Gasteiger partial charge on any atom is -0.394 e. The first kappa shape index (κ1) is 33.5. The monoisotopic (exact) mass is 523 g/mol. The highest BCUT2D eigenvalue weighted by atomic mass is 16.6. The van der Waals surface area contributed by atoms with E-state index in [9.17, 15) is 20.1 Å². The van der Waals surface area contributed by atoms with Gasteiger partial charge in [0, 0.05) is 6.08 Å². The van der Waals surface area contributed by atoms with Crippen LogP contribution in [0.25, 0.3) is 0 Å². The molecule has 7 heteroatoms. The Kier molecular flexibility index (Phi) is 20.4. The first-order chi connectivity index (χ1) is 18.0. The molecule has 1 unspecified atom stereocenters. The van der Waals surface area contributed by atoms with E-state index in [4.69, 9.17) is 9.84 Å². The van der Waals surface area contributed by atoms with Gasteiger partial charge in [0.15, 0.2) is 6.29 Å². The molecule has 0 bridgehead atoms. The number of aliphatic hydroxyl groups is 4. The number of unbranched alkanes of at least 4 members (excludes halogenated alkanes) is 15. The van der Waals surface area contributed by atoms with Crippen LogP contribution in [-0.4, -0.2) is 63.6 Å². The third-order valence-corrected chi connectivity index (χ3v) is 6.90. The Morgan fingerprint density at radius 3 is 1.78 bits per heavy atom. The topological polar surface area (TPSA) is 119 Å². The SMILES string of the molecule is CCCCCCCCCCCCCCCCCC=CC=CC=CC(=O)N[C@H]1C(O)O[C@H](CO)[C@@H](O)[C@@H]1O. The van der Waals surface area contributed by atoms with Crippen LogP contribution in [0.4, 0.5) is 0 Å². The molecule has 37 heavy (non-hydrogen) atoms. The van der Waals surface area contributed by atoms with E-state index in [0.29, 0.717) is 0 Å². The second-order valence-electron chi connectivity index (χ2n) is 10.2. The first-order valence-corrected chi connectivity index (χ1v) is 14.6. The highest BCUT2D eigenvalue weighted by molar-refractivity contribution is 5.88. The molecule has 0 radical (unpaired) electrons. The fourth-order valence-corrected chi connectivity index (χ4v) is 4.54. The summed E-state index contributed by atoms with van der Waals surface area (Å²) in [6.07, 6.45) is 26.5. The average Bonchev–Trinajstić information content (AvgIpc) is 2.89. The van der Waals surface area contributed by atoms with Gasteiger partial charge in [-0.05, 0) is 12.8 Å². The van der Waals surface area contributed by atoms with Crippen molar-refractivity contribution in [1.82, 2.24) is 5.32 Å². The van der Waals surface area contributed by atoms with Crippen LogP contribution in [0.3, 0.4) is 0 Å². The molecule has 0 aromatic heterocycles. The van der Waals surface area contributed by atoms with Gasteiger partial charge in [-0.1, -0.05) is 127 Å². The van der Waals surface area contributed by atoms with Crippen LogP contribution in [0, 0.1) is 0 Å². The molecule has 1 fully saturated rings. The van der Waals surface area contributed by atoms with E-state index in [0.717, 1.165) is 6.42 Å². The van der Waals surface area contributed by atoms with Crippen molar-refractivity contribution < 1.29 is 30.0 Å². The summed E-state index contributed by atoms with van der Waals surface area (Å²) in [6.45, 7) is 1.72. The molecule has 0 aromatic rings. The van der Waals surface area contributed by atoms with Gasteiger partial charge in [0.05, 0.1) is 6.61 Å². The van der Waals surface area contributed by atoms with Gasteiger partial charge in [-0.2, -0.15) is 0 Å². The third kappa shape index (κ3) is 16.1. The number of amides is 1. The Hall–Kier alpha value is -1.51. The Balaban J connectivity index is 1.98. The van der Waals surface area contributed by atoms with E-state index >= 15 is 0 Å². The van der Waals surface area contributed by atoms with Crippen molar-refractivity contribution in [3.63, 3.8) is 0 Å². The second-order valence-corrected chi connectivity index (χ2v) is 10.2. The summed E-state index contributed by atoms with van der Waals surface area (Å²) in [5.41, 5.74) is 0. The van der Waals surface area contributed by atoms with Crippen LogP contribution >= 0.6 is 0 Å². The molecule has 1 saturated heterocycles. The van der Waals surface area contributed by atoms with E-state index in [2.05, 4.69) is 18.3 Å². The molecule has 0 aromatic carbocycles. The van der Waals surface area contributed by atoms with E-state index in [1.165, 1.54) is 102 Å². The summed E-state index contributed by atoms with van der Waals surface area (Å²) in [6, 6.07) is -1.19. The fraction of sp³-hybridized carbons (Fsp3) is 0.767. The number of hydrogen-bond acceptors (Lipinski definition) is 6. The maximum Gasteiger partial charge on any atom is 0.244 e. The van der Waals surface area contributed by atoms with E-state index in [-0.39, 0.29) is 0 Å². The predicted molar refractivity (Wildman–Crippen MR) is 149 cm³/mol. The standard InChI is InChI=1S/C30H53NO6/c1-2-3-4-5-6-7-8-9-10-11-12-13-14-15-16-17-18-19-20-21-22-23-26(33)31-27-29(35)28(34)25(24-32)37-30(27)36/h18-23,25,27-30,32,34-36H,2-17,24H2,1H3,(H,31,33)/t25-,27-,28-,29-,30?/m1/s1. The van der Waals surface area contributed by atoms with Gasteiger partial charge >= 0.3 is 0 Å². The molecule has 214 valence electrons. The number of rotatable bonds is 21. The summed E-state index contributed by atoms with van der Waals surface area (Å²) in [5, 5.41) is 41.3. The molecule has 1 amide bonds. The minimum atomic E-state index is -1.52. The summed E-state index contributed by atoms with van der Waals surface area (Å²) >= 11 is 0. The van der Waals surface area contributed by atoms with Gasteiger partial charge in [-0.3, -0.25) is 4.79 Å². The summed E-state index contributed by atoms with van der Waals surface area (Å²) in [7, 11) is 0. The fourth-order valence-electron chi connectivity index (χ4n) is 4.54. The lowest BCUT2D eigenvalue weighted by Gasteiger charge is -2.40. The van der Waals surface area contributed by atoms with Gasteiger partial charge in [0.1, 0.15) is 24.4 Å². The van der Waals surface area contributed by atoms with Crippen molar-refractivity contribution in [1.29, 1.82) is 0 Å². The van der Waals surface area contributed by atoms with Gasteiger partial charge < -0.3 is 30.5 Å². The van der Waals surface area contributed by atoms with E-state index in [1.807, 2.05) is 12.2 Å². The van der Waals surface area contributed by atoms with Gasteiger partial charge in [-0.25, -0.2) is 0 Å². The Morgan fingerprint density at radius 2 is 1.24 bits per heavy atom. The molecular formula is C30H53NO6. The zero-order valence-electron chi connectivity index (χ0n) is 23.0. The average molecular weight is 524 g/mol. The molecule has 1 aliphatic rings. The molecule has 0 spiro atoms. The number of hydrogen-bond donors (Lipinski definition) is 5. The normalized spacial score (nSPS) is 24.5. The quantitative estimate of drug-likeness (QED) is 0.0835. The smallest absolute Gasteiger partial charge is 0.244 e. The molecule has 0 aliphatic carbocycles. The van der Waals surface area contributed by atoms with E-state index < -0.39 is 43.2 Å². The Morgan fingerprint density at radius 1 is 0.730 bits per heavy atom. The lowest BCUT2D eigenvalue weighted by Crippen LogP contribution is -2.64. The highest BCUT2D eigenvalue weighted by Crippen LogP contribution is 2.19.